The van der Waals surface area contributed by atoms with Gasteiger partial charge in [0, 0.05) is 39.2 Å². The average molecular weight is 392 g/mol. The van der Waals surface area contributed by atoms with Crippen LogP contribution < -0.4 is 5.32 Å². The SMILES string of the molecule is CCCCN=C(NCCc1ccco1)N1CCC(OCC2CCCCO2)CC1. The van der Waals surface area contributed by atoms with Crippen molar-refractivity contribution >= 4 is 5.96 Å². The number of aliphatic imine (C=N–C) groups is 1. The van der Waals surface area contributed by atoms with Gasteiger partial charge < -0.3 is 24.1 Å². The summed E-state index contributed by atoms with van der Waals surface area (Å²) in [6.07, 6.45) is 11.3. The van der Waals surface area contributed by atoms with Gasteiger partial charge in [0.1, 0.15) is 5.76 Å². The van der Waals surface area contributed by atoms with Crippen LogP contribution in [-0.2, 0) is 15.9 Å². The van der Waals surface area contributed by atoms with E-state index in [-0.39, 0.29) is 0 Å². The molecule has 1 atom stereocenters. The number of hydrogen-bond donors (Lipinski definition) is 1. The summed E-state index contributed by atoms with van der Waals surface area (Å²) >= 11 is 0. The van der Waals surface area contributed by atoms with Crippen LogP contribution in [0.5, 0.6) is 0 Å². The predicted octanol–water partition coefficient (Wildman–Crippen LogP) is 3.62. The predicted molar refractivity (Wildman–Crippen MR) is 112 cm³/mol. The molecule has 0 spiro atoms. The largest absolute Gasteiger partial charge is 0.469 e. The number of nitrogens with one attached hydrogen (secondary N) is 1. The molecular weight excluding hydrogens is 354 g/mol. The van der Waals surface area contributed by atoms with Crippen LogP contribution in [0.1, 0.15) is 57.6 Å². The molecule has 28 heavy (non-hydrogen) atoms. The topological polar surface area (TPSA) is 59.2 Å². The molecule has 0 bridgehead atoms. The third-order valence-electron chi connectivity index (χ3n) is 5.54. The van der Waals surface area contributed by atoms with E-state index in [1.807, 2.05) is 12.1 Å². The van der Waals surface area contributed by atoms with E-state index >= 15 is 0 Å². The second kappa shape index (κ2) is 12.1. The molecule has 2 aliphatic heterocycles. The number of rotatable bonds is 9. The molecular formula is C22H37N3O3. The van der Waals surface area contributed by atoms with E-state index in [1.54, 1.807) is 6.26 Å². The zero-order valence-corrected chi connectivity index (χ0v) is 17.4. The van der Waals surface area contributed by atoms with Gasteiger partial charge in [0.15, 0.2) is 5.96 Å². The maximum absolute atomic E-state index is 6.15. The Labute approximate surface area is 169 Å². The van der Waals surface area contributed by atoms with Gasteiger partial charge in [0.25, 0.3) is 0 Å². The Bertz CT molecular complexity index is 547. The molecule has 0 amide bonds. The third-order valence-corrected chi connectivity index (χ3v) is 5.54. The molecule has 3 rings (SSSR count). The van der Waals surface area contributed by atoms with Crippen LogP contribution in [0.3, 0.4) is 0 Å². The van der Waals surface area contributed by atoms with Gasteiger partial charge in [-0.05, 0) is 50.7 Å². The summed E-state index contributed by atoms with van der Waals surface area (Å²) in [5.41, 5.74) is 0. The second-order valence-electron chi connectivity index (χ2n) is 7.82. The molecule has 2 fully saturated rings. The number of furan rings is 1. The lowest BCUT2D eigenvalue weighted by Crippen LogP contribution is -2.47. The highest BCUT2D eigenvalue weighted by atomic mass is 16.5. The number of guanidine groups is 1. The van der Waals surface area contributed by atoms with Crippen molar-refractivity contribution in [1.29, 1.82) is 0 Å². The van der Waals surface area contributed by atoms with E-state index in [1.165, 1.54) is 19.3 Å². The van der Waals surface area contributed by atoms with E-state index in [9.17, 15) is 0 Å². The second-order valence-corrected chi connectivity index (χ2v) is 7.82. The Hall–Kier alpha value is -1.53. The molecule has 1 N–H and O–H groups in total. The first-order valence-electron chi connectivity index (χ1n) is 11.1. The maximum atomic E-state index is 6.15. The van der Waals surface area contributed by atoms with Crippen LogP contribution in [0, 0.1) is 0 Å². The van der Waals surface area contributed by atoms with Crippen LogP contribution in [-0.4, -0.2) is 62.5 Å². The summed E-state index contributed by atoms with van der Waals surface area (Å²) in [7, 11) is 0. The van der Waals surface area contributed by atoms with E-state index in [0.29, 0.717) is 12.2 Å². The monoisotopic (exact) mass is 391 g/mol. The summed E-state index contributed by atoms with van der Waals surface area (Å²) in [4.78, 5) is 7.22. The van der Waals surface area contributed by atoms with Crippen molar-refractivity contribution in [3.8, 4) is 0 Å². The molecule has 3 heterocycles. The zero-order valence-electron chi connectivity index (χ0n) is 17.4. The summed E-state index contributed by atoms with van der Waals surface area (Å²) in [6.45, 7) is 7.57. The molecule has 2 saturated heterocycles. The van der Waals surface area contributed by atoms with E-state index in [0.717, 1.165) is 83.2 Å². The van der Waals surface area contributed by atoms with Gasteiger partial charge in [-0.25, -0.2) is 0 Å². The van der Waals surface area contributed by atoms with Crippen LogP contribution >= 0.6 is 0 Å². The molecule has 0 aliphatic carbocycles. The highest BCUT2D eigenvalue weighted by Crippen LogP contribution is 2.18. The first-order chi connectivity index (χ1) is 13.8. The van der Waals surface area contributed by atoms with E-state index in [4.69, 9.17) is 18.9 Å². The molecule has 0 radical (unpaired) electrons. The lowest BCUT2D eigenvalue weighted by atomic mass is 10.1. The highest BCUT2D eigenvalue weighted by Gasteiger charge is 2.23. The normalized spacial score (nSPS) is 21.8. The maximum Gasteiger partial charge on any atom is 0.193 e. The molecule has 6 nitrogen and oxygen atoms in total. The highest BCUT2D eigenvalue weighted by molar-refractivity contribution is 5.80. The molecule has 0 aromatic carbocycles. The molecule has 1 unspecified atom stereocenters. The minimum Gasteiger partial charge on any atom is -0.469 e. The van der Waals surface area contributed by atoms with Gasteiger partial charge in [-0.1, -0.05) is 13.3 Å². The molecule has 2 aliphatic rings. The summed E-state index contributed by atoms with van der Waals surface area (Å²) in [5.74, 6) is 2.05. The first-order valence-corrected chi connectivity index (χ1v) is 11.1. The van der Waals surface area contributed by atoms with Crippen LogP contribution in [0.4, 0.5) is 0 Å². The van der Waals surface area contributed by atoms with E-state index in [2.05, 4.69) is 17.1 Å². The van der Waals surface area contributed by atoms with Crippen LogP contribution in [0.15, 0.2) is 27.8 Å². The number of nitrogens with zero attached hydrogens (tertiary/aromatic N) is 2. The van der Waals surface area contributed by atoms with Crippen molar-refractivity contribution in [1.82, 2.24) is 10.2 Å². The smallest absolute Gasteiger partial charge is 0.193 e. The van der Waals surface area contributed by atoms with Gasteiger partial charge in [-0.3, -0.25) is 4.99 Å². The Morgan fingerprint density at radius 3 is 2.89 bits per heavy atom. The van der Waals surface area contributed by atoms with E-state index < -0.39 is 0 Å². The Morgan fingerprint density at radius 2 is 2.18 bits per heavy atom. The van der Waals surface area contributed by atoms with Gasteiger partial charge in [-0.15, -0.1) is 0 Å². The fourth-order valence-corrected chi connectivity index (χ4v) is 3.78. The fraction of sp³-hybridized carbons (Fsp3) is 0.773. The summed E-state index contributed by atoms with van der Waals surface area (Å²) in [5, 5.41) is 3.54. The molecule has 0 saturated carbocycles. The van der Waals surface area contributed by atoms with Gasteiger partial charge in [-0.2, -0.15) is 0 Å². The van der Waals surface area contributed by atoms with Crippen molar-refractivity contribution < 1.29 is 13.9 Å². The minimum atomic E-state index is 0.307. The number of likely N-dealkylation sites (tertiary alicyclic amines) is 1. The molecule has 1 aromatic heterocycles. The van der Waals surface area contributed by atoms with Gasteiger partial charge >= 0.3 is 0 Å². The number of unbranched alkanes of at least 4 members (excludes halogenated alkanes) is 1. The molecule has 158 valence electrons. The van der Waals surface area contributed by atoms with Crippen LogP contribution in [0.25, 0.3) is 0 Å². The quantitative estimate of drug-likeness (QED) is 0.396. The molecule has 6 heteroatoms. The van der Waals surface area contributed by atoms with Gasteiger partial charge in [0.2, 0.25) is 0 Å². The summed E-state index contributed by atoms with van der Waals surface area (Å²) < 4.78 is 17.4. The lowest BCUT2D eigenvalue weighted by Gasteiger charge is -2.35. The van der Waals surface area contributed by atoms with Crippen molar-refractivity contribution in [3.63, 3.8) is 0 Å². The van der Waals surface area contributed by atoms with Gasteiger partial charge in [0.05, 0.1) is 25.1 Å². The Kier molecular flexibility index (Phi) is 9.17. The van der Waals surface area contributed by atoms with Crippen molar-refractivity contribution in [3.05, 3.63) is 24.2 Å². The van der Waals surface area contributed by atoms with Crippen molar-refractivity contribution in [2.45, 2.75) is 70.5 Å². The lowest BCUT2D eigenvalue weighted by molar-refractivity contribution is -0.0721. The zero-order chi connectivity index (χ0) is 19.4. The third kappa shape index (κ3) is 7.13. The van der Waals surface area contributed by atoms with Crippen molar-refractivity contribution in [2.75, 3.05) is 39.4 Å². The first kappa shape index (κ1) is 21.2. The standard InChI is InChI=1S/C22H37N3O3/c1-2-3-12-23-22(24-13-9-19-8-6-17-26-19)25-14-10-20(11-15-25)28-18-21-7-4-5-16-27-21/h6,8,17,20-21H,2-5,7,9-16,18H2,1H3,(H,23,24). The number of piperidine rings is 1. The Balaban J connectivity index is 1.41. The number of ether oxygens (including phenoxy) is 2. The summed E-state index contributed by atoms with van der Waals surface area (Å²) in [6, 6.07) is 3.96. The minimum absolute atomic E-state index is 0.307. The Morgan fingerprint density at radius 1 is 1.29 bits per heavy atom. The molecule has 1 aromatic rings. The fourth-order valence-electron chi connectivity index (χ4n) is 3.78. The number of hydrogen-bond acceptors (Lipinski definition) is 4. The average Bonchev–Trinajstić information content (AvgIpc) is 3.26. The van der Waals surface area contributed by atoms with Crippen molar-refractivity contribution in [2.24, 2.45) is 4.99 Å². The van der Waals surface area contributed by atoms with Crippen LogP contribution in [0.2, 0.25) is 0 Å².